The summed E-state index contributed by atoms with van der Waals surface area (Å²) >= 11 is 0. The molecule has 0 aromatic rings. The maximum Gasteiger partial charge on any atom is 0.306 e. The SMILES string of the molecule is CC/C=C/C/C=C/C/C=C/C/C=C/C/C=C/C/C=C/CCC(=O)OC[C@H](CO)OC(=O)CCCC/C=C/C/C=C/C/C=C/C/C=C/CC. The van der Waals surface area contributed by atoms with E-state index in [0.29, 0.717) is 12.8 Å². The second kappa shape index (κ2) is 37.8. The number of carbonyl (C=O) groups excluding carboxylic acids is 2. The third kappa shape index (κ3) is 35.2. The Morgan fingerprint density at radius 1 is 0.479 bits per heavy atom. The van der Waals surface area contributed by atoms with Crippen LogP contribution in [0.1, 0.15) is 117 Å². The molecule has 0 saturated carbocycles. The molecule has 0 rings (SSSR count). The fourth-order valence-corrected chi connectivity index (χ4v) is 4.10. The quantitative estimate of drug-likeness (QED) is 0.0471. The third-order valence-electron chi connectivity index (χ3n) is 6.76. The number of esters is 2. The number of unbranched alkanes of at least 4 members (excludes halogenated alkanes) is 2. The van der Waals surface area contributed by atoms with Crippen molar-refractivity contribution >= 4 is 11.9 Å². The molecule has 0 spiro atoms. The fourth-order valence-electron chi connectivity index (χ4n) is 4.10. The monoisotopic (exact) mass is 660 g/mol. The van der Waals surface area contributed by atoms with Gasteiger partial charge < -0.3 is 14.6 Å². The highest BCUT2D eigenvalue weighted by atomic mass is 16.6. The van der Waals surface area contributed by atoms with Gasteiger partial charge in [0.05, 0.1) is 6.61 Å². The van der Waals surface area contributed by atoms with E-state index < -0.39 is 6.10 Å². The minimum atomic E-state index is -0.832. The van der Waals surface area contributed by atoms with Crippen molar-refractivity contribution in [3.8, 4) is 0 Å². The number of allylic oxidation sites excluding steroid dienone is 20. The first-order chi connectivity index (χ1) is 23.6. The summed E-state index contributed by atoms with van der Waals surface area (Å²) in [6, 6.07) is 0. The Balaban J connectivity index is 3.84. The van der Waals surface area contributed by atoms with Crippen molar-refractivity contribution in [1.29, 1.82) is 0 Å². The van der Waals surface area contributed by atoms with Crippen LogP contribution < -0.4 is 0 Å². The molecule has 1 N–H and O–H groups in total. The first-order valence-corrected chi connectivity index (χ1v) is 18.1. The number of aliphatic hydroxyl groups excluding tert-OH is 1. The minimum Gasteiger partial charge on any atom is -0.462 e. The first kappa shape index (κ1) is 44.3. The molecule has 0 aliphatic carbocycles. The summed E-state index contributed by atoms with van der Waals surface area (Å²) in [5.74, 6) is -0.754. The van der Waals surface area contributed by atoms with Crippen LogP contribution in [0, 0.1) is 0 Å². The molecule has 5 nitrogen and oxygen atoms in total. The predicted octanol–water partition coefficient (Wildman–Crippen LogP) is 11.3. The second-order valence-electron chi connectivity index (χ2n) is 11.2. The Morgan fingerprint density at radius 3 is 1.25 bits per heavy atom. The Labute approximate surface area is 293 Å². The second-order valence-corrected chi connectivity index (χ2v) is 11.2. The average Bonchev–Trinajstić information content (AvgIpc) is 3.09. The van der Waals surface area contributed by atoms with E-state index in [0.717, 1.165) is 77.0 Å². The zero-order valence-electron chi connectivity index (χ0n) is 29.9. The molecule has 266 valence electrons. The van der Waals surface area contributed by atoms with E-state index >= 15 is 0 Å². The molecular weight excluding hydrogens is 596 g/mol. The molecule has 48 heavy (non-hydrogen) atoms. The molecule has 0 amide bonds. The van der Waals surface area contributed by atoms with Gasteiger partial charge in [-0.05, 0) is 89.9 Å². The van der Waals surface area contributed by atoms with E-state index in [1.165, 1.54) is 0 Å². The summed E-state index contributed by atoms with van der Waals surface area (Å²) in [6.45, 7) is 3.77. The first-order valence-electron chi connectivity index (χ1n) is 18.1. The zero-order chi connectivity index (χ0) is 35.0. The molecule has 0 saturated heterocycles. The number of ether oxygens (including phenoxy) is 2. The summed E-state index contributed by atoms with van der Waals surface area (Å²) in [5.41, 5.74) is 0. The zero-order valence-corrected chi connectivity index (χ0v) is 29.9. The number of rotatable bonds is 30. The molecule has 0 aliphatic heterocycles. The molecule has 0 bridgehead atoms. The van der Waals surface area contributed by atoms with Gasteiger partial charge in [-0.2, -0.15) is 0 Å². The molecule has 0 radical (unpaired) electrons. The smallest absolute Gasteiger partial charge is 0.306 e. The molecule has 0 fully saturated rings. The topological polar surface area (TPSA) is 72.8 Å². The van der Waals surface area contributed by atoms with Crippen molar-refractivity contribution in [2.75, 3.05) is 13.2 Å². The highest BCUT2D eigenvalue weighted by molar-refractivity contribution is 5.70. The van der Waals surface area contributed by atoms with Crippen LogP contribution in [0.5, 0.6) is 0 Å². The van der Waals surface area contributed by atoms with Crippen molar-refractivity contribution in [2.24, 2.45) is 0 Å². The van der Waals surface area contributed by atoms with Gasteiger partial charge in [0.25, 0.3) is 0 Å². The molecule has 0 aromatic carbocycles. The van der Waals surface area contributed by atoms with E-state index in [-0.39, 0.29) is 38.0 Å². The summed E-state index contributed by atoms with van der Waals surface area (Å²) < 4.78 is 10.5. The van der Waals surface area contributed by atoms with E-state index in [1.807, 2.05) is 12.2 Å². The number of hydrogen-bond acceptors (Lipinski definition) is 5. The van der Waals surface area contributed by atoms with Crippen LogP contribution in [0.25, 0.3) is 0 Å². The molecule has 0 aliphatic rings. The average molecular weight is 661 g/mol. The van der Waals surface area contributed by atoms with Gasteiger partial charge in [0, 0.05) is 12.8 Å². The van der Waals surface area contributed by atoms with Crippen LogP contribution in [-0.4, -0.2) is 36.4 Å². The lowest BCUT2D eigenvalue weighted by atomic mass is 10.2. The molecule has 0 aromatic heterocycles. The summed E-state index contributed by atoms with van der Waals surface area (Å²) in [6.07, 6.45) is 55.5. The van der Waals surface area contributed by atoms with Crippen LogP contribution in [-0.2, 0) is 19.1 Å². The Bertz CT molecular complexity index is 1060. The van der Waals surface area contributed by atoms with E-state index in [9.17, 15) is 14.7 Å². The fraction of sp³-hybridized carbons (Fsp3) is 0.488. The van der Waals surface area contributed by atoms with Crippen LogP contribution in [0.3, 0.4) is 0 Å². The van der Waals surface area contributed by atoms with E-state index in [4.69, 9.17) is 9.47 Å². The Kier molecular flexibility index (Phi) is 34.8. The van der Waals surface area contributed by atoms with Gasteiger partial charge in [-0.15, -0.1) is 0 Å². The van der Waals surface area contributed by atoms with Gasteiger partial charge in [-0.3, -0.25) is 9.59 Å². The lowest BCUT2D eigenvalue weighted by Gasteiger charge is -2.15. The van der Waals surface area contributed by atoms with Crippen LogP contribution in [0.15, 0.2) is 122 Å². The van der Waals surface area contributed by atoms with Crippen molar-refractivity contribution in [3.05, 3.63) is 122 Å². The Hall–Kier alpha value is -3.70. The molecule has 5 heteroatoms. The lowest BCUT2D eigenvalue weighted by Crippen LogP contribution is -2.28. The highest BCUT2D eigenvalue weighted by Crippen LogP contribution is 2.06. The van der Waals surface area contributed by atoms with Crippen LogP contribution >= 0.6 is 0 Å². The molecule has 0 heterocycles. The van der Waals surface area contributed by atoms with Gasteiger partial charge in [0.1, 0.15) is 6.61 Å². The molecule has 1 atom stereocenters. The minimum absolute atomic E-state index is 0.132. The molecular formula is C43H64O5. The standard InChI is InChI=1S/C43H64O5/c1-3-5-7-9-11-13-15-17-19-20-21-22-24-25-27-29-31-33-35-37-42(45)47-40-41(39-44)48-43(46)38-36-34-32-30-28-26-23-18-16-14-12-10-8-6-4-2/h5-8,11-14,17-19,21-23,25,27-28,30-31,33,41,44H,3-4,9-10,15-16,20,24,26,29,32,34-40H2,1-2H3/b7-5+,8-6+,13-11+,14-12+,19-17+,22-21+,23-18+,27-25+,30-28+,33-31+/t41-/m0/s1. The highest BCUT2D eigenvalue weighted by Gasteiger charge is 2.15. The van der Waals surface area contributed by atoms with Crippen molar-refractivity contribution in [2.45, 2.75) is 123 Å². The summed E-state index contributed by atoms with van der Waals surface area (Å²) in [7, 11) is 0. The maximum atomic E-state index is 12.1. The van der Waals surface area contributed by atoms with Gasteiger partial charge >= 0.3 is 11.9 Å². The number of carbonyl (C=O) groups is 2. The number of hydrogen-bond donors (Lipinski definition) is 1. The predicted molar refractivity (Wildman–Crippen MR) is 205 cm³/mol. The summed E-state index contributed by atoms with van der Waals surface area (Å²) in [4.78, 5) is 24.2. The lowest BCUT2D eigenvalue weighted by molar-refractivity contribution is -0.161. The van der Waals surface area contributed by atoms with Gasteiger partial charge in [-0.25, -0.2) is 0 Å². The largest absolute Gasteiger partial charge is 0.462 e. The van der Waals surface area contributed by atoms with Crippen molar-refractivity contribution < 1.29 is 24.2 Å². The van der Waals surface area contributed by atoms with Crippen molar-refractivity contribution in [3.63, 3.8) is 0 Å². The van der Waals surface area contributed by atoms with Crippen molar-refractivity contribution in [1.82, 2.24) is 0 Å². The Morgan fingerprint density at radius 2 is 0.854 bits per heavy atom. The van der Waals surface area contributed by atoms with Crippen LogP contribution in [0.4, 0.5) is 0 Å². The maximum absolute atomic E-state index is 12.1. The third-order valence-corrected chi connectivity index (χ3v) is 6.76. The van der Waals surface area contributed by atoms with Crippen LogP contribution in [0.2, 0.25) is 0 Å². The normalized spacial score (nSPS) is 13.6. The molecule has 0 unspecified atom stereocenters. The van der Waals surface area contributed by atoms with Gasteiger partial charge in [-0.1, -0.05) is 135 Å². The van der Waals surface area contributed by atoms with Gasteiger partial charge in [0.15, 0.2) is 6.10 Å². The summed E-state index contributed by atoms with van der Waals surface area (Å²) in [5, 5.41) is 9.52. The number of aliphatic hydroxyl groups is 1. The van der Waals surface area contributed by atoms with E-state index in [1.54, 1.807) is 0 Å². The van der Waals surface area contributed by atoms with Gasteiger partial charge in [0.2, 0.25) is 0 Å². The van der Waals surface area contributed by atoms with E-state index in [2.05, 4.69) is 123 Å².